The first-order valence-electron chi connectivity index (χ1n) is 8.59. The van der Waals surface area contributed by atoms with Crippen LogP contribution in [-0.4, -0.2) is 34.7 Å². The highest BCUT2D eigenvalue weighted by atomic mass is 19.1. The lowest BCUT2D eigenvalue weighted by Crippen LogP contribution is -2.53. The van der Waals surface area contributed by atoms with E-state index in [4.69, 9.17) is 0 Å². The van der Waals surface area contributed by atoms with E-state index in [-0.39, 0.29) is 23.9 Å². The van der Waals surface area contributed by atoms with Crippen LogP contribution in [0.3, 0.4) is 0 Å². The molecule has 5 atom stereocenters. The van der Waals surface area contributed by atoms with Crippen molar-refractivity contribution in [3.63, 3.8) is 0 Å². The van der Waals surface area contributed by atoms with Gasteiger partial charge in [0.25, 0.3) is 0 Å². The molecule has 3 aliphatic rings. The van der Waals surface area contributed by atoms with Crippen molar-refractivity contribution in [2.24, 2.45) is 11.8 Å². The molecule has 3 aliphatic heterocycles. The fourth-order valence-electron chi connectivity index (χ4n) is 4.58. The molecule has 1 aromatic carbocycles. The molecule has 0 unspecified atom stereocenters. The summed E-state index contributed by atoms with van der Waals surface area (Å²) in [6, 6.07) is 3.44. The summed E-state index contributed by atoms with van der Waals surface area (Å²) in [5.41, 5.74) is -0.505. The minimum absolute atomic E-state index is 0.230. The summed E-state index contributed by atoms with van der Waals surface area (Å²) in [7, 11) is 0. The monoisotopic (exact) mass is 345 g/mol. The number of imide groups is 1. The predicted octanol–water partition coefficient (Wildman–Crippen LogP) is 1.36. The third-order valence-electron chi connectivity index (χ3n) is 5.89. The lowest BCUT2D eigenvalue weighted by molar-refractivity contribution is -0.145. The van der Waals surface area contributed by atoms with Gasteiger partial charge >= 0.3 is 0 Å². The molecule has 0 aliphatic carbocycles. The van der Waals surface area contributed by atoms with Crippen molar-refractivity contribution in [2.75, 3.05) is 5.32 Å². The normalized spacial score (nSPS) is 34.5. The highest BCUT2D eigenvalue weighted by molar-refractivity contribution is 6.15. The van der Waals surface area contributed by atoms with E-state index in [1.54, 1.807) is 6.92 Å². The number of hydrogen-bond acceptors (Lipinski definition) is 4. The van der Waals surface area contributed by atoms with Crippen molar-refractivity contribution in [1.29, 1.82) is 0 Å². The molecular weight excluding hydrogens is 325 g/mol. The quantitative estimate of drug-likeness (QED) is 0.794. The maximum Gasteiger partial charge on any atom is 0.250 e. The van der Waals surface area contributed by atoms with Gasteiger partial charge in [-0.15, -0.1) is 0 Å². The summed E-state index contributed by atoms with van der Waals surface area (Å²) in [6.07, 6.45) is 0.642. The molecule has 2 N–H and O–H groups in total. The van der Waals surface area contributed by atoms with E-state index in [0.717, 1.165) is 0 Å². The SMILES string of the molecule is CC[C@@H](C)N1C(=O)[C@H]2[C@@H](C1=O)[C@@]1(N[C@@H]2C)C(=O)Nc2ccc(F)cc21. The van der Waals surface area contributed by atoms with E-state index < -0.39 is 29.1 Å². The summed E-state index contributed by atoms with van der Waals surface area (Å²) in [6.45, 7) is 5.52. The summed E-state index contributed by atoms with van der Waals surface area (Å²) in [5, 5.41) is 5.89. The predicted molar refractivity (Wildman–Crippen MR) is 87.9 cm³/mol. The fraction of sp³-hybridized carbons (Fsp3) is 0.500. The molecule has 1 spiro atoms. The van der Waals surface area contributed by atoms with Crippen LogP contribution in [0.2, 0.25) is 0 Å². The van der Waals surface area contributed by atoms with E-state index in [0.29, 0.717) is 17.7 Å². The van der Waals surface area contributed by atoms with E-state index >= 15 is 0 Å². The van der Waals surface area contributed by atoms with E-state index in [2.05, 4.69) is 10.6 Å². The first-order chi connectivity index (χ1) is 11.8. The van der Waals surface area contributed by atoms with Gasteiger partial charge in [-0.05, 0) is 38.5 Å². The van der Waals surface area contributed by atoms with Crippen LogP contribution < -0.4 is 10.6 Å². The van der Waals surface area contributed by atoms with Gasteiger partial charge in [0.15, 0.2) is 0 Å². The largest absolute Gasteiger partial charge is 0.324 e. The number of benzene rings is 1. The van der Waals surface area contributed by atoms with Crippen LogP contribution in [0, 0.1) is 17.7 Å². The molecule has 0 radical (unpaired) electrons. The first-order valence-corrected chi connectivity index (χ1v) is 8.59. The second-order valence-corrected chi connectivity index (χ2v) is 7.19. The van der Waals surface area contributed by atoms with Gasteiger partial charge in [0.2, 0.25) is 17.7 Å². The van der Waals surface area contributed by atoms with Crippen LogP contribution in [0.1, 0.15) is 32.8 Å². The van der Waals surface area contributed by atoms with Crippen molar-refractivity contribution < 1.29 is 18.8 Å². The standard InChI is InChI=1S/C18H20FN3O3/c1-4-8(2)22-15(23)13-9(3)21-18(14(13)16(22)24)11-7-10(19)5-6-12(11)20-17(18)25/h5-9,13-14,21H,4H2,1-3H3,(H,20,25)/t8-,9-,13-,14+,18-/m1/s1. The lowest BCUT2D eigenvalue weighted by Gasteiger charge is -2.30. The Morgan fingerprint density at radius 3 is 2.68 bits per heavy atom. The van der Waals surface area contributed by atoms with Crippen LogP contribution in [0.5, 0.6) is 0 Å². The number of hydrogen-bond donors (Lipinski definition) is 2. The van der Waals surface area contributed by atoms with Crippen molar-refractivity contribution in [2.45, 2.75) is 44.8 Å². The number of amides is 3. The molecular formula is C18H20FN3O3. The van der Waals surface area contributed by atoms with E-state index in [1.165, 1.54) is 23.1 Å². The molecule has 25 heavy (non-hydrogen) atoms. The van der Waals surface area contributed by atoms with Gasteiger partial charge in [-0.2, -0.15) is 0 Å². The molecule has 1 aromatic rings. The van der Waals surface area contributed by atoms with Crippen molar-refractivity contribution in [1.82, 2.24) is 10.2 Å². The number of anilines is 1. The Hall–Kier alpha value is -2.28. The summed E-state index contributed by atoms with van der Waals surface area (Å²) < 4.78 is 13.9. The Kier molecular flexibility index (Phi) is 3.31. The van der Waals surface area contributed by atoms with Crippen LogP contribution in [0.25, 0.3) is 0 Å². The molecule has 2 fully saturated rings. The molecule has 4 rings (SSSR count). The summed E-state index contributed by atoms with van der Waals surface area (Å²) in [5.74, 6) is -2.97. The van der Waals surface area contributed by atoms with Gasteiger partial charge in [0.05, 0.1) is 11.8 Å². The molecule has 6 nitrogen and oxygen atoms in total. The van der Waals surface area contributed by atoms with Gasteiger partial charge in [-0.1, -0.05) is 6.92 Å². The highest BCUT2D eigenvalue weighted by Crippen LogP contribution is 2.53. The third kappa shape index (κ3) is 1.84. The molecule has 3 amide bonds. The highest BCUT2D eigenvalue weighted by Gasteiger charge is 2.70. The number of nitrogens with zero attached hydrogens (tertiary/aromatic N) is 1. The number of likely N-dealkylation sites (tertiary alicyclic amines) is 1. The Labute approximate surface area is 144 Å². The van der Waals surface area contributed by atoms with Gasteiger partial charge in [0.1, 0.15) is 11.4 Å². The average molecular weight is 345 g/mol. The van der Waals surface area contributed by atoms with Gasteiger partial charge in [-0.25, -0.2) is 4.39 Å². The number of nitrogens with one attached hydrogen (secondary N) is 2. The van der Waals surface area contributed by atoms with Crippen molar-refractivity contribution in [3.8, 4) is 0 Å². The zero-order valence-electron chi connectivity index (χ0n) is 14.3. The first kappa shape index (κ1) is 16.2. The maximum atomic E-state index is 13.9. The minimum atomic E-state index is -1.39. The number of carbonyl (C=O) groups is 3. The lowest BCUT2D eigenvalue weighted by atomic mass is 9.76. The second kappa shape index (κ2) is 5.11. The number of halogens is 1. The topological polar surface area (TPSA) is 78.5 Å². The molecule has 132 valence electrons. The Bertz CT molecular complexity index is 811. The molecule has 0 bridgehead atoms. The number of fused-ring (bicyclic) bond motifs is 4. The Balaban J connectivity index is 1.89. The van der Waals surface area contributed by atoms with Gasteiger partial charge in [0, 0.05) is 23.3 Å². The van der Waals surface area contributed by atoms with Crippen LogP contribution in [0.4, 0.5) is 10.1 Å². The molecule has 2 saturated heterocycles. The second-order valence-electron chi connectivity index (χ2n) is 7.19. The molecule has 0 saturated carbocycles. The van der Waals surface area contributed by atoms with E-state index in [1.807, 2.05) is 13.8 Å². The molecule has 7 heteroatoms. The van der Waals surface area contributed by atoms with Crippen LogP contribution in [0.15, 0.2) is 18.2 Å². The van der Waals surface area contributed by atoms with Crippen LogP contribution >= 0.6 is 0 Å². The van der Waals surface area contributed by atoms with Crippen LogP contribution in [-0.2, 0) is 19.9 Å². The zero-order valence-corrected chi connectivity index (χ0v) is 14.3. The fourth-order valence-corrected chi connectivity index (χ4v) is 4.58. The van der Waals surface area contributed by atoms with E-state index in [9.17, 15) is 18.8 Å². The third-order valence-corrected chi connectivity index (χ3v) is 5.89. The smallest absolute Gasteiger partial charge is 0.250 e. The summed E-state index contributed by atoms with van der Waals surface area (Å²) in [4.78, 5) is 40.2. The Morgan fingerprint density at radius 2 is 2.00 bits per heavy atom. The molecule has 0 aromatic heterocycles. The molecule has 3 heterocycles. The average Bonchev–Trinajstić information content (AvgIpc) is 3.12. The van der Waals surface area contributed by atoms with Crippen molar-refractivity contribution in [3.05, 3.63) is 29.6 Å². The number of carbonyl (C=O) groups excluding carboxylic acids is 3. The summed E-state index contributed by atoms with van der Waals surface area (Å²) >= 11 is 0. The maximum absolute atomic E-state index is 13.9. The minimum Gasteiger partial charge on any atom is -0.324 e. The van der Waals surface area contributed by atoms with Gasteiger partial charge in [-0.3, -0.25) is 24.6 Å². The zero-order chi connectivity index (χ0) is 18.1. The van der Waals surface area contributed by atoms with Crippen molar-refractivity contribution >= 4 is 23.4 Å². The Morgan fingerprint density at radius 1 is 1.28 bits per heavy atom. The number of rotatable bonds is 2. The van der Waals surface area contributed by atoms with Gasteiger partial charge < -0.3 is 5.32 Å².